The Labute approximate surface area is 156 Å². The van der Waals surface area contributed by atoms with E-state index in [9.17, 15) is 9.59 Å². The zero-order valence-electron chi connectivity index (χ0n) is 12.7. The molecule has 1 heterocycles. The van der Waals surface area contributed by atoms with Crippen LogP contribution < -0.4 is 10.9 Å². The van der Waals surface area contributed by atoms with Gasteiger partial charge in [-0.2, -0.15) is 5.10 Å². The number of carbonyl (C=O) groups is 2. The predicted octanol–water partition coefficient (Wildman–Crippen LogP) is 3.36. The molecule has 0 bridgehead atoms. The van der Waals surface area contributed by atoms with Gasteiger partial charge >= 0.3 is 0 Å². The lowest BCUT2D eigenvalue weighted by Crippen LogP contribution is -2.41. The minimum Gasteiger partial charge on any atom is -0.267 e. The molecule has 126 valence electrons. The van der Waals surface area contributed by atoms with Crippen LogP contribution in [0, 0.1) is 0 Å². The molecule has 0 unspecified atom stereocenters. The molecule has 0 saturated carbocycles. The van der Waals surface area contributed by atoms with Crippen LogP contribution in [0.2, 0.25) is 5.02 Å². The molecule has 0 radical (unpaired) electrons. The maximum Gasteiger partial charge on any atom is 0.272 e. The summed E-state index contributed by atoms with van der Waals surface area (Å²) in [5.41, 5.74) is 6.18. The van der Waals surface area contributed by atoms with Crippen LogP contribution in [-0.2, 0) is 0 Å². The second-order valence-corrected chi connectivity index (χ2v) is 6.42. The van der Waals surface area contributed by atoms with Crippen LogP contribution in [0.3, 0.4) is 0 Å². The van der Waals surface area contributed by atoms with E-state index in [1.807, 2.05) is 6.07 Å². The van der Waals surface area contributed by atoms with Gasteiger partial charge in [-0.3, -0.25) is 20.4 Å². The highest BCUT2D eigenvalue weighted by molar-refractivity contribution is 9.10. The van der Waals surface area contributed by atoms with Gasteiger partial charge in [-0.25, -0.2) is 4.68 Å². The van der Waals surface area contributed by atoms with Gasteiger partial charge in [0.1, 0.15) is 0 Å². The highest BCUT2D eigenvalue weighted by Crippen LogP contribution is 2.14. The number of aromatic nitrogens is 2. The number of nitrogens with one attached hydrogen (secondary N) is 2. The molecule has 3 aromatic rings. The Morgan fingerprint density at radius 2 is 1.68 bits per heavy atom. The molecule has 2 N–H and O–H groups in total. The van der Waals surface area contributed by atoms with Crippen molar-refractivity contribution < 1.29 is 9.59 Å². The molecule has 3 rings (SSSR count). The molecule has 2 amide bonds. The molecule has 1 aromatic heterocycles. The maximum absolute atomic E-state index is 12.1. The van der Waals surface area contributed by atoms with Gasteiger partial charge in [0, 0.05) is 21.3 Å². The Morgan fingerprint density at radius 3 is 2.36 bits per heavy atom. The SMILES string of the molecule is O=C(NNC(=O)c1cnn(-c2cccc(Cl)c2)c1)c1ccc(Br)cc1. The number of carbonyl (C=O) groups excluding carboxylic acids is 2. The summed E-state index contributed by atoms with van der Waals surface area (Å²) in [6.07, 6.45) is 2.95. The first-order valence-corrected chi connectivity index (χ1v) is 8.37. The molecule has 0 aliphatic rings. The van der Waals surface area contributed by atoms with E-state index in [0.717, 1.165) is 10.2 Å². The van der Waals surface area contributed by atoms with Crippen LogP contribution in [0.1, 0.15) is 20.7 Å². The Hall–Kier alpha value is -2.64. The number of hydrogen-bond acceptors (Lipinski definition) is 3. The molecule has 0 atom stereocenters. The highest BCUT2D eigenvalue weighted by Gasteiger charge is 2.11. The Kier molecular flexibility index (Phi) is 5.16. The fourth-order valence-corrected chi connectivity index (χ4v) is 2.51. The molecular weight excluding hydrogens is 408 g/mol. The van der Waals surface area contributed by atoms with Crippen molar-refractivity contribution >= 4 is 39.3 Å². The molecule has 2 aromatic carbocycles. The minimum absolute atomic E-state index is 0.302. The number of hydrogen-bond donors (Lipinski definition) is 2. The van der Waals surface area contributed by atoms with Crippen LogP contribution in [0.4, 0.5) is 0 Å². The maximum atomic E-state index is 12.1. The van der Waals surface area contributed by atoms with E-state index in [0.29, 0.717) is 16.1 Å². The van der Waals surface area contributed by atoms with E-state index in [1.54, 1.807) is 48.7 Å². The number of amides is 2. The minimum atomic E-state index is -0.473. The van der Waals surface area contributed by atoms with Crippen molar-refractivity contribution in [1.29, 1.82) is 0 Å². The van der Waals surface area contributed by atoms with E-state index in [2.05, 4.69) is 31.9 Å². The molecular formula is C17H12BrClN4O2. The van der Waals surface area contributed by atoms with Gasteiger partial charge in [-0.15, -0.1) is 0 Å². The van der Waals surface area contributed by atoms with Crippen LogP contribution in [0.15, 0.2) is 65.4 Å². The van der Waals surface area contributed by atoms with Gasteiger partial charge in [-0.1, -0.05) is 33.6 Å². The first kappa shape index (κ1) is 17.2. The van der Waals surface area contributed by atoms with Crippen molar-refractivity contribution in [2.75, 3.05) is 0 Å². The van der Waals surface area contributed by atoms with Crippen molar-refractivity contribution in [2.45, 2.75) is 0 Å². The summed E-state index contributed by atoms with van der Waals surface area (Å²) in [5, 5.41) is 4.69. The van der Waals surface area contributed by atoms with E-state index >= 15 is 0 Å². The summed E-state index contributed by atoms with van der Waals surface area (Å²) in [7, 11) is 0. The average Bonchev–Trinajstić information content (AvgIpc) is 3.10. The lowest BCUT2D eigenvalue weighted by molar-refractivity contribution is 0.0846. The van der Waals surface area contributed by atoms with Gasteiger partial charge in [0.05, 0.1) is 17.4 Å². The van der Waals surface area contributed by atoms with Crippen molar-refractivity contribution in [3.63, 3.8) is 0 Å². The largest absolute Gasteiger partial charge is 0.272 e. The second kappa shape index (κ2) is 7.50. The summed E-state index contributed by atoms with van der Waals surface area (Å²) in [6, 6.07) is 13.8. The van der Waals surface area contributed by atoms with E-state index in [-0.39, 0.29) is 0 Å². The first-order chi connectivity index (χ1) is 12.0. The van der Waals surface area contributed by atoms with Crippen LogP contribution in [0.25, 0.3) is 5.69 Å². The highest BCUT2D eigenvalue weighted by atomic mass is 79.9. The standard InChI is InChI=1S/C17H12BrClN4O2/c18-13-6-4-11(5-7-13)16(24)21-22-17(25)12-9-20-23(10-12)15-3-1-2-14(19)8-15/h1-10H,(H,21,24)(H,22,25). The number of hydrazine groups is 1. The summed E-state index contributed by atoms with van der Waals surface area (Å²) in [6.45, 7) is 0. The lowest BCUT2D eigenvalue weighted by atomic mass is 10.2. The van der Waals surface area contributed by atoms with E-state index in [1.165, 1.54) is 10.9 Å². The zero-order chi connectivity index (χ0) is 17.8. The lowest BCUT2D eigenvalue weighted by Gasteiger charge is -2.06. The Bertz CT molecular complexity index is 924. The molecule has 0 saturated heterocycles. The number of nitrogens with zero attached hydrogens (tertiary/aromatic N) is 2. The first-order valence-electron chi connectivity index (χ1n) is 7.20. The Balaban J connectivity index is 1.64. The van der Waals surface area contributed by atoms with Gasteiger partial charge in [-0.05, 0) is 42.5 Å². The summed E-state index contributed by atoms with van der Waals surface area (Å²) < 4.78 is 2.39. The van der Waals surface area contributed by atoms with Crippen molar-refractivity contribution in [3.8, 4) is 5.69 Å². The van der Waals surface area contributed by atoms with Crippen molar-refractivity contribution in [3.05, 3.63) is 81.5 Å². The van der Waals surface area contributed by atoms with Gasteiger partial charge in [0.2, 0.25) is 0 Å². The normalized spacial score (nSPS) is 10.3. The Morgan fingerprint density at radius 1 is 1.00 bits per heavy atom. The van der Waals surface area contributed by atoms with E-state index < -0.39 is 11.8 Å². The third-order valence-corrected chi connectivity index (χ3v) is 4.08. The molecule has 0 fully saturated rings. The molecule has 0 aliphatic carbocycles. The smallest absolute Gasteiger partial charge is 0.267 e. The molecule has 25 heavy (non-hydrogen) atoms. The molecule has 8 heteroatoms. The summed E-state index contributed by atoms with van der Waals surface area (Å²) in [4.78, 5) is 24.1. The summed E-state index contributed by atoms with van der Waals surface area (Å²) in [5.74, 6) is -0.887. The quantitative estimate of drug-likeness (QED) is 0.639. The number of halogens is 2. The topological polar surface area (TPSA) is 76.0 Å². The third kappa shape index (κ3) is 4.26. The number of benzene rings is 2. The fourth-order valence-electron chi connectivity index (χ4n) is 2.06. The third-order valence-electron chi connectivity index (χ3n) is 3.31. The summed E-state index contributed by atoms with van der Waals surface area (Å²) >= 11 is 9.24. The van der Waals surface area contributed by atoms with Crippen molar-refractivity contribution in [2.24, 2.45) is 0 Å². The van der Waals surface area contributed by atoms with Crippen LogP contribution >= 0.6 is 27.5 Å². The van der Waals surface area contributed by atoms with Crippen molar-refractivity contribution in [1.82, 2.24) is 20.6 Å². The molecule has 0 spiro atoms. The molecule has 0 aliphatic heterocycles. The predicted molar refractivity (Wildman–Crippen MR) is 97.6 cm³/mol. The van der Waals surface area contributed by atoms with E-state index in [4.69, 9.17) is 11.6 Å². The van der Waals surface area contributed by atoms with Crippen LogP contribution in [-0.4, -0.2) is 21.6 Å². The van der Waals surface area contributed by atoms with Crippen LogP contribution in [0.5, 0.6) is 0 Å². The average molecular weight is 420 g/mol. The van der Waals surface area contributed by atoms with Gasteiger partial charge < -0.3 is 0 Å². The van der Waals surface area contributed by atoms with Gasteiger partial charge in [0.15, 0.2) is 0 Å². The monoisotopic (exact) mass is 418 g/mol. The fraction of sp³-hybridized carbons (Fsp3) is 0. The van der Waals surface area contributed by atoms with Gasteiger partial charge in [0.25, 0.3) is 11.8 Å². The molecule has 6 nitrogen and oxygen atoms in total. The second-order valence-electron chi connectivity index (χ2n) is 5.07. The zero-order valence-corrected chi connectivity index (χ0v) is 15.1. The number of rotatable bonds is 3.